The Hall–Kier alpha value is -0.330. The van der Waals surface area contributed by atoms with Gasteiger partial charge in [-0.05, 0) is 43.9 Å². The van der Waals surface area contributed by atoms with E-state index in [4.69, 9.17) is 0 Å². The Morgan fingerprint density at radius 3 is 2.60 bits per heavy atom. The Bertz CT molecular complexity index is 231. The van der Waals surface area contributed by atoms with Crippen molar-refractivity contribution in [1.29, 1.82) is 0 Å². The zero-order valence-electron chi connectivity index (χ0n) is 10.3. The molecule has 0 aromatic carbocycles. The minimum atomic E-state index is 0.516. The monoisotopic (exact) mass is 207 g/mol. The van der Waals surface area contributed by atoms with Gasteiger partial charge in [-0.2, -0.15) is 0 Å². The lowest BCUT2D eigenvalue weighted by atomic mass is 9.76. The fourth-order valence-corrected chi connectivity index (χ4v) is 3.35. The number of aliphatic imine (C=N–C) groups is 1. The Morgan fingerprint density at radius 2 is 1.93 bits per heavy atom. The van der Waals surface area contributed by atoms with Crippen molar-refractivity contribution in [3.05, 3.63) is 0 Å². The molecule has 0 saturated heterocycles. The number of hydrogen-bond donors (Lipinski definition) is 0. The molecule has 0 radical (unpaired) electrons. The quantitative estimate of drug-likeness (QED) is 0.614. The number of hydrogen-bond acceptors (Lipinski definition) is 1. The second-order valence-corrected chi connectivity index (χ2v) is 5.94. The maximum absolute atomic E-state index is 4.54. The first-order valence-electron chi connectivity index (χ1n) is 6.73. The molecule has 0 bridgehead atoms. The standard InChI is InChI=1S/C14H25N/c1-12(2)13-5-3-7-14(9-6-13)8-4-10-15-11-14/h11-13H,3-10H2,1-2H3. The highest BCUT2D eigenvalue weighted by Crippen LogP contribution is 2.42. The van der Waals surface area contributed by atoms with Crippen LogP contribution in [0.15, 0.2) is 4.99 Å². The van der Waals surface area contributed by atoms with Crippen LogP contribution in [0.25, 0.3) is 0 Å². The smallest absolute Gasteiger partial charge is 0.0385 e. The van der Waals surface area contributed by atoms with Crippen LogP contribution in [0.3, 0.4) is 0 Å². The van der Waals surface area contributed by atoms with Crippen LogP contribution >= 0.6 is 0 Å². The molecule has 0 aromatic rings. The summed E-state index contributed by atoms with van der Waals surface area (Å²) in [5.41, 5.74) is 0.516. The van der Waals surface area contributed by atoms with Crippen LogP contribution in [0, 0.1) is 17.3 Å². The van der Waals surface area contributed by atoms with Crippen molar-refractivity contribution in [2.75, 3.05) is 6.54 Å². The Kier molecular flexibility index (Phi) is 3.48. The molecule has 1 spiro atoms. The third-order valence-corrected chi connectivity index (χ3v) is 4.53. The highest BCUT2D eigenvalue weighted by Gasteiger charge is 2.33. The van der Waals surface area contributed by atoms with Gasteiger partial charge in [-0.3, -0.25) is 4.99 Å². The van der Waals surface area contributed by atoms with Crippen molar-refractivity contribution in [2.45, 2.75) is 58.8 Å². The topological polar surface area (TPSA) is 12.4 Å². The highest BCUT2D eigenvalue weighted by atomic mass is 14.7. The molecule has 15 heavy (non-hydrogen) atoms. The minimum absolute atomic E-state index is 0.516. The van der Waals surface area contributed by atoms with Gasteiger partial charge in [-0.15, -0.1) is 0 Å². The van der Waals surface area contributed by atoms with E-state index in [2.05, 4.69) is 25.1 Å². The molecule has 86 valence electrons. The van der Waals surface area contributed by atoms with Crippen molar-refractivity contribution < 1.29 is 0 Å². The number of rotatable bonds is 1. The fourth-order valence-electron chi connectivity index (χ4n) is 3.35. The molecule has 2 unspecified atom stereocenters. The van der Waals surface area contributed by atoms with E-state index in [0.717, 1.165) is 18.4 Å². The zero-order chi connectivity index (χ0) is 10.7. The summed E-state index contributed by atoms with van der Waals surface area (Å²) in [6, 6.07) is 0. The summed E-state index contributed by atoms with van der Waals surface area (Å²) >= 11 is 0. The molecule has 1 fully saturated rings. The van der Waals surface area contributed by atoms with Gasteiger partial charge in [0.25, 0.3) is 0 Å². The zero-order valence-corrected chi connectivity index (χ0v) is 10.3. The SMILES string of the molecule is CC(C)C1CCCC2(C=NCCC2)CC1. The lowest BCUT2D eigenvalue weighted by molar-refractivity contribution is 0.300. The van der Waals surface area contributed by atoms with Gasteiger partial charge >= 0.3 is 0 Å². The van der Waals surface area contributed by atoms with Crippen molar-refractivity contribution in [3.63, 3.8) is 0 Å². The first-order chi connectivity index (χ1) is 7.22. The molecule has 1 saturated carbocycles. The van der Waals surface area contributed by atoms with Crippen molar-refractivity contribution in [1.82, 2.24) is 0 Å². The van der Waals surface area contributed by atoms with E-state index < -0.39 is 0 Å². The molecule has 1 aliphatic carbocycles. The van der Waals surface area contributed by atoms with Crippen LogP contribution < -0.4 is 0 Å². The molecule has 1 aliphatic heterocycles. The van der Waals surface area contributed by atoms with Crippen LogP contribution in [0.4, 0.5) is 0 Å². The molecule has 2 atom stereocenters. The summed E-state index contributed by atoms with van der Waals surface area (Å²) in [4.78, 5) is 4.54. The van der Waals surface area contributed by atoms with E-state index >= 15 is 0 Å². The van der Waals surface area contributed by atoms with Gasteiger partial charge in [-0.25, -0.2) is 0 Å². The number of nitrogens with zero attached hydrogens (tertiary/aromatic N) is 1. The van der Waals surface area contributed by atoms with E-state index in [1.54, 1.807) is 0 Å². The van der Waals surface area contributed by atoms with E-state index in [0.29, 0.717) is 5.41 Å². The third-order valence-electron chi connectivity index (χ3n) is 4.53. The van der Waals surface area contributed by atoms with Gasteiger partial charge in [0.1, 0.15) is 0 Å². The van der Waals surface area contributed by atoms with Gasteiger partial charge in [0.15, 0.2) is 0 Å². The van der Waals surface area contributed by atoms with E-state index in [-0.39, 0.29) is 0 Å². The summed E-state index contributed by atoms with van der Waals surface area (Å²) in [6.45, 7) is 5.85. The first-order valence-corrected chi connectivity index (χ1v) is 6.73. The molecule has 1 heteroatoms. The van der Waals surface area contributed by atoms with Crippen molar-refractivity contribution in [3.8, 4) is 0 Å². The van der Waals surface area contributed by atoms with Crippen LogP contribution in [0.1, 0.15) is 58.8 Å². The summed E-state index contributed by atoms with van der Waals surface area (Å²) in [7, 11) is 0. The van der Waals surface area contributed by atoms with E-state index in [1.807, 2.05) is 0 Å². The van der Waals surface area contributed by atoms with Gasteiger partial charge in [0, 0.05) is 18.2 Å². The molecular formula is C14H25N. The van der Waals surface area contributed by atoms with Crippen LogP contribution in [0.2, 0.25) is 0 Å². The van der Waals surface area contributed by atoms with Crippen LogP contribution in [-0.4, -0.2) is 12.8 Å². The Labute approximate surface area is 94.4 Å². The molecule has 1 heterocycles. The lowest BCUT2D eigenvalue weighted by Gasteiger charge is -2.31. The summed E-state index contributed by atoms with van der Waals surface area (Å²) in [5.74, 6) is 1.85. The Balaban J connectivity index is 1.99. The molecule has 0 amide bonds. The second kappa shape index (κ2) is 4.67. The molecular weight excluding hydrogens is 182 g/mol. The fraction of sp³-hybridized carbons (Fsp3) is 0.929. The van der Waals surface area contributed by atoms with Crippen LogP contribution in [0.5, 0.6) is 0 Å². The Morgan fingerprint density at radius 1 is 1.13 bits per heavy atom. The van der Waals surface area contributed by atoms with Gasteiger partial charge in [-0.1, -0.05) is 26.7 Å². The molecule has 1 nitrogen and oxygen atoms in total. The maximum Gasteiger partial charge on any atom is 0.0385 e. The molecule has 0 aromatic heterocycles. The predicted octanol–water partition coefficient (Wildman–Crippen LogP) is 4.07. The second-order valence-electron chi connectivity index (χ2n) is 5.94. The summed E-state index contributed by atoms with van der Waals surface area (Å²) < 4.78 is 0. The van der Waals surface area contributed by atoms with E-state index in [1.165, 1.54) is 44.9 Å². The van der Waals surface area contributed by atoms with Crippen molar-refractivity contribution in [2.24, 2.45) is 22.2 Å². The summed E-state index contributed by atoms with van der Waals surface area (Å²) in [5, 5.41) is 0. The van der Waals surface area contributed by atoms with Gasteiger partial charge < -0.3 is 0 Å². The van der Waals surface area contributed by atoms with E-state index in [9.17, 15) is 0 Å². The normalized spacial score (nSPS) is 37.1. The van der Waals surface area contributed by atoms with Gasteiger partial charge in [0.05, 0.1) is 0 Å². The van der Waals surface area contributed by atoms with Crippen molar-refractivity contribution >= 4 is 6.21 Å². The third kappa shape index (κ3) is 2.62. The average Bonchev–Trinajstić information content (AvgIpc) is 2.43. The lowest BCUT2D eigenvalue weighted by Crippen LogP contribution is -2.25. The predicted molar refractivity (Wildman–Crippen MR) is 66.4 cm³/mol. The van der Waals surface area contributed by atoms with Gasteiger partial charge in [0.2, 0.25) is 0 Å². The highest BCUT2D eigenvalue weighted by molar-refractivity contribution is 5.66. The maximum atomic E-state index is 4.54. The van der Waals surface area contributed by atoms with Crippen LogP contribution in [-0.2, 0) is 0 Å². The molecule has 2 aliphatic rings. The first kappa shape index (κ1) is 11.2. The summed E-state index contributed by atoms with van der Waals surface area (Å²) in [6.07, 6.45) is 12.2. The molecule has 0 N–H and O–H groups in total. The molecule has 2 rings (SSSR count). The largest absolute Gasteiger partial charge is 0.297 e. The average molecular weight is 207 g/mol. The minimum Gasteiger partial charge on any atom is -0.297 e.